The summed E-state index contributed by atoms with van der Waals surface area (Å²) in [5.41, 5.74) is 1.09. The molecule has 0 saturated heterocycles. The Bertz CT molecular complexity index is 696. The summed E-state index contributed by atoms with van der Waals surface area (Å²) in [7, 11) is 1.41. The number of halogens is 1. The predicted octanol–water partition coefficient (Wildman–Crippen LogP) is 4.65. The number of carbonyl (C=O) groups is 1. The van der Waals surface area contributed by atoms with Gasteiger partial charge in [0.1, 0.15) is 0 Å². The first-order valence-electron chi connectivity index (χ1n) is 9.66. The van der Waals surface area contributed by atoms with Crippen LogP contribution in [0.15, 0.2) is 12.1 Å². The summed E-state index contributed by atoms with van der Waals surface area (Å²) in [5.74, 6) is -1.91. The fourth-order valence-corrected chi connectivity index (χ4v) is 4.66. The maximum atomic E-state index is 13.1. The first-order valence-corrected chi connectivity index (χ1v) is 11.3. The van der Waals surface area contributed by atoms with E-state index in [1.807, 2.05) is 0 Å². The minimum absolute atomic E-state index is 0.0133. The topological polar surface area (TPSA) is 82.1 Å². The number of hydrogen-bond donors (Lipinski definition) is 1. The normalized spacial score (nSPS) is 16.9. The van der Waals surface area contributed by atoms with E-state index < -0.39 is 17.1 Å². The lowest BCUT2D eigenvalue weighted by atomic mass is 9.83. The van der Waals surface area contributed by atoms with Gasteiger partial charge in [0.2, 0.25) is 0 Å². The molecule has 0 aliphatic heterocycles. The minimum atomic E-state index is -2.11. The molecule has 1 fully saturated rings. The number of Topliss-reactive ketones (excluding diaryl/α,β-unsaturated/α-hetero) is 1. The molecule has 1 aliphatic rings. The van der Waals surface area contributed by atoms with E-state index in [2.05, 4.69) is 0 Å². The van der Waals surface area contributed by atoms with Gasteiger partial charge in [0, 0.05) is 31.8 Å². The maximum absolute atomic E-state index is 13.1. The number of ketones is 1. The van der Waals surface area contributed by atoms with Crippen molar-refractivity contribution in [2.75, 3.05) is 20.3 Å². The average Bonchev–Trinajstić information content (AvgIpc) is 2.68. The van der Waals surface area contributed by atoms with Gasteiger partial charge < -0.3 is 18.8 Å². The predicted molar refractivity (Wildman–Crippen MR) is 109 cm³/mol. The van der Waals surface area contributed by atoms with Crippen molar-refractivity contribution in [3.63, 3.8) is 0 Å². The molecule has 0 bridgehead atoms. The molecule has 1 unspecified atom stereocenters. The first kappa shape index (κ1) is 23.4. The highest BCUT2D eigenvalue weighted by atomic mass is 35.5. The van der Waals surface area contributed by atoms with E-state index in [9.17, 15) is 13.6 Å². The highest BCUT2D eigenvalue weighted by molar-refractivity contribution is 7.78. The fourth-order valence-electron chi connectivity index (χ4n) is 3.76. The van der Waals surface area contributed by atoms with Crippen LogP contribution in [-0.4, -0.2) is 34.9 Å². The number of benzene rings is 1. The molecule has 1 saturated carbocycles. The van der Waals surface area contributed by atoms with Crippen LogP contribution in [0, 0.1) is 5.92 Å². The third-order valence-electron chi connectivity index (χ3n) is 4.99. The average molecular weight is 433 g/mol. The molecule has 0 heterocycles. The Morgan fingerprint density at radius 1 is 1.21 bits per heavy atom. The van der Waals surface area contributed by atoms with E-state index in [0.29, 0.717) is 11.1 Å². The molecule has 158 valence electrons. The largest absolute Gasteiger partial charge is 0.327 e. The number of ether oxygens (including phenoxy) is 3. The van der Waals surface area contributed by atoms with Gasteiger partial charge in [0.05, 0.1) is 16.3 Å². The zero-order valence-corrected chi connectivity index (χ0v) is 18.2. The van der Waals surface area contributed by atoms with Crippen molar-refractivity contribution < 1.29 is 27.8 Å². The van der Waals surface area contributed by atoms with E-state index in [4.69, 9.17) is 25.8 Å². The fraction of sp³-hybridized carbons (Fsp3) is 0.650. The lowest BCUT2D eigenvalue weighted by molar-refractivity contribution is -0.381. The molecule has 0 spiro atoms. The van der Waals surface area contributed by atoms with E-state index >= 15 is 0 Å². The van der Waals surface area contributed by atoms with Crippen molar-refractivity contribution in [1.29, 1.82) is 0 Å². The van der Waals surface area contributed by atoms with Crippen molar-refractivity contribution in [1.82, 2.24) is 0 Å². The van der Waals surface area contributed by atoms with Crippen LogP contribution in [-0.2, 0) is 37.0 Å². The number of carbonyl (C=O) groups excluding carboxylic acids is 1. The molecule has 2 rings (SSSR count). The molecule has 0 amide bonds. The van der Waals surface area contributed by atoms with Gasteiger partial charge in [-0.2, -0.15) is 0 Å². The summed E-state index contributed by atoms with van der Waals surface area (Å²) >= 11 is 4.59. The summed E-state index contributed by atoms with van der Waals surface area (Å²) < 4.78 is 38.1. The standard InChI is InChI=1S/C20H29ClO6S/c1-4-26-20(25-3,27-5-2)17-15(13-28(23)24)11-12-16(18(17)21)19(22)14-9-7-6-8-10-14/h11-12,14H,4-10,13H2,1-3H3,(H,23,24). The van der Waals surface area contributed by atoms with Crippen LogP contribution in [0.5, 0.6) is 0 Å². The molecule has 1 aliphatic carbocycles. The van der Waals surface area contributed by atoms with Crippen LogP contribution in [0.3, 0.4) is 0 Å². The molecule has 8 heteroatoms. The van der Waals surface area contributed by atoms with Crippen molar-refractivity contribution >= 4 is 28.5 Å². The molecule has 28 heavy (non-hydrogen) atoms. The Morgan fingerprint density at radius 2 is 1.82 bits per heavy atom. The smallest absolute Gasteiger partial charge is 0.313 e. The van der Waals surface area contributed by atoms with Gasteiger partial charge in [-0.15, -0.1) is 0 Å². The Morgan fingerprint density at radius 3 is 2.32 bits per heavy atom. The van der Waals surface area contributed by atoms with Crippen molar-refractivity contribution in [2.24, 2.45) is 5.92 Å². The van der Waals surface area contributed by atoms with Crippen molar-refractivity contribution in [2.45, 2.75) is 57.7 Å². The zero-order valence-electron chi connectivity index (χ0n) is 16.7. The molecular weight excluding hydrogens is 404 g/mol. The Balaban J connectivity index is 2.61. The van der Waals surface area contributed by atoms with Crippen molar-refractivity contribution in [3.05, 3.63) is 33.8 Å². The number of rotatable bonds is 10. The molecule has 0 aromatic heterocycles. The molecule has 6 nitrogen and oxygen atoms in total. The second-order valence-corrected chi connectivity index (χ2v) is 8.06. The highest BCUT2D eigenvalue weighted by Gasteiger charge is 2.41. The summed E-state index contributed by atoms with van der Waals surface area (Å²) in [6.07, 6.45) is 4.90. The Hall–Kier alpha value is -0.830. The monoisotopic (exact) mass is 432 g/mol. The van der Waals surface area contributed by atoms with Gasteiger partial charge in [-0.05, 0) is 38.3 Å². The molecule has 1 aromatic rings. The summed E-state index contributed by atoms with van der Waals surface area (Å²) in [4.78, 5) is 13.1. The van der Waals surface area contributed by atoms with Gasteiger partial charge >= 0.3 is 5.97 Å². The molecule has 0 radical (unpaired) electrons. The van der Waals surface area contributed by atoms with Crippen LogP contribution >= 0.6 is 11.6 Å². The quantitative estimate of drug-likeness (QED) is 0.329. The van der Waals surface area contributed by atoms with Crippen LogP contribution in [0.25, 0.3) is 0 Å². The van der Waals surface area contributed by atoms with Gasteiger partial charge in [0.25, 0.3) is 0 Å². The SMILES string of the molecule is CCOC(OC)(OCC)c1c(CS(=O)O)ccc(C(=O)C2CCCCC2)c1Cl. The second kappa shape index (κ2) is 10.8. The van der Waals surface area contributed by atoms with Crippen LogP contribution < -0.4 is 0 Å². The third kappa shape index (κ3) is 5.20. The minimum Gasteiger partial charge on any atom is -0.327 e. The summed E-state index contributed by atoms with van der Waals surface area (Å²) in [6.45, 7) is 4.07. The lowest BCUT2D eigenvalue weighted by Gasteiger charge is -2.34. The van der Waals surface area contributed by atoms with Gasteiger partial charge in [-0.3, -0.25) is 4.79 Å². The van der Waals surface area contributed by atoms with Crippen LogP contribution in [0.1, 0.15) is 67.4 Å². The lowest BCUT2D eigenvalue weighted by Crippen LogP contribution is -2.37. The molecule has 1 N–H and O–H groups in total. The van der Waals surface area contributed by atoms with Crippen molar-refractivity contribution in [3.8, 4) is 0 Å². The van der Waals surface area contributed by atoms with E-state index in [1.165, 1.54) is 7.11 Å². The first-order chi connectivity index (χ1) is 13.4. The highest BCUT2D eigenvalue weighted by Crippen LogP contribution is 2.40. The zero-order chi connectivity index (χ0) is 20.7. The molecular formula is C20H29ClO6S. The third-order valence-corrected chi connectivity index (χ3v) is 5.94. The Kier molecular flexibility index (Phi) is 9.05. The molecule has 1 aromatic carbocycles. The van der Waals surface area contributed by atoms with E-state index in [1.54, 1.807) is 26.0 Å². The Labute approximate surface area is 174 Å². The maximum Gasteiger partial charge on any atom is 0.313 e. The second-order valence-electron chi connectivity index (χ2n) is 6.75. The summed E-state index contributed by atoms with van der Waals surface area (Å²) in [5, 5.41) is 0.155. The van der Waals surface area contributed by atoms with Gasteiger partial charge in [-0.1, -0.05) is 36.9 Å². The number of hydrogen-bond acceptors (Lipinski definition) is 5. The van der Waals surface area contributed by atoms with Crippen LogP contribution in [0.2, 0.25) is 5.02 Å². The van der Waals surface area contributed by atoms with Gasteiger partial charge in [-0.25, -0.2) is 4.21 Å². The molecule has 1 atom stereocenters. The van der Waals surface area contributed by atoms with E-state index in [0.717, 1.165) is 32.1 Å². The van der Waals surface area contributed by atoms with E-state index in [-0.39, 0.29) is 41.3 Å². The van der Waals surface area contributed by atoms with Crippen LogP contribution in [0.4, 0.5) is 0 Å². The number of methoxy groups -OCH3 is 1. The van der Waals surface area contributed by atoms with Gasteiger partial charge in [0.15, 0.2) is 16.9 Å². The summed E-state index contributed by atoms with van der Waals surface area (Å²) in [6, 6.07) is 3.26.